The molecule has 0 aliphatic heterocycles. The van der Waals surface area contributed by atoms with Crippen LogP contribution in [0.5, 0.6) is 0 Å². The molecule has 1 amide bonds. The number of aryl methyl sites for hydroxylation is 1. The minimum Gasteiger partial charge on any atom is -0.325 e. The molecule has 0 atom stereocenters. The van der Waals surface area contributed by atoms with Crippen LogP contribution >= 0.6 is 15.9 Å². The molecule has 0 fully saturated rings. The van der Waals surface area contributed by atoms with Gasteiger partial charge in [-0.2, -0.15) is 0 Å². The van der Waals surface area contributed by atoms with Crippen LogP contribution in [0.25, 0.3) is 0 Å². The topological polar surface area (TPSA) is 32.3 Å². The molecule has 0 bridgehead atoms. The van der Waals surface area contributed by atoms with Crippen molar-refractivity contribution in [1.29, 1.82) is 0 Å². The molecule has 0 unspecified atom stereocenters. The predicted molar refractivity (Wildman–Crippen MR) is 99.5 cm³/mol. The summed E-state index contributed by atoms with van der Waals surface area (Å²) in [5.41, 5.74) is 3.18. The molecule has 2 aromatic rings. The normalized spacial score (nSPS) is 10.8. The molecule has 23 heavy (non-hydrogen) atoms. The number of nitrogens with zero attached hydrogens (tertiary/aromatic N) is 1. The van der Waals surface area contributed by atoms with Gasteiger partial charge in [-0.1, -0.05) is 53.2 Å². The van der Waals surface area contributed by atoms with Crippen molar-refractivity contribution in [3.8, 4) is 0 Å². The Morgan fingerprint density at radius 2 is 1.83 bits per heavy atom. The maximum absolute atomic E-state index is 12.3. The first-order chi connectivity index (χ1) is 11.1. The van der Waals surface area contributed by atoms with Crippen molar-refractivity contribution in [2.24, 2.45) is 0 Å². The van der Waals surface area contributed by atoms with Crippen LogP contribution in [0.2, 0.25) is 0 Å². The van der Waals surface area contributed by atoms with Gasteiger partial charge in [-0.25, -0.2) is 0 Å². The Balaban J connectivity index is 1.96. The Morgan fingerprint density at radius 3 is 2.48 bits per heavy atom. The van der Waals surface area contributed by atoms with Gasteiger partial charge in [0.05, 0.1) is 6.54 Å². The van der Waals surface area contributed by atoms with Crippen molar-refractivity contribution >= 4 is 27.5 Å². The van der Waals surface area contributed by atoms with Crippen molar-refractivity contribution in [1.82, 2.24) is 4.90 Å². The van der Waals surface area contributed by atoms with Crippen molar-refractivity contribution < 1.29 is 4.79 Å². The van der Waals surface area contributed by atoms with Gasteiger partial charge in [-0.3, -0.25) is 9.69 Å². The van der Waals surface area contributed by atoms with E-state index >= 15 is 0 Å². The summed E-state index contributed by atoms with van der Waals surface area (Å²) in [5, 5.41) is 3.01. The van der Waals surface area contributed by atoms with E-state index in [4.69, 9.17) is 0 Å². The summed E-state index contributed by atoms with van der Waals surface area (Å²) < 4.78 is 1.07. The molecule has 2 aromatic carbocycles. The van der Waals surface area contributed by atoms with Crippen molar-refractivity contribution in [2.45, 2.75) is 26.8 Å². The molecule has 0 saturated heterocycles. The molecule has 0 aliphatic carbocycles. The van der Waals surface area contributed by atoms with Gasteiger partial charge in [0.25, 0.3) is 0 Å². The molecule has 3 nitrogen and oxygen atoms in total. The molecular weight excluding hydrogens is 352 g/mol. The van der Waals surface area contributed by atoms with Crippen LogP contribution in [-0.2, 0) is 11.3 Å². The lowest BCUT2D eigenvalue weighted by Gasteiger charge is -2.21. The Kier molecular flexibility index (Phi) is 6.81. The number of hydrogen-bond acceptors (Lipinski definition) is 2. The monoisotopic (exact) mass is 374 g/mol. The number of amides is 1. The minimum absolute atomic E-state index is 0.0323. The van der Waals surface area contributed by atoms with Gasteiger partial charge in [-0.15, -0.1) is 0 Å². The number of rotatable bonds is 7. The second-order valence-corrected chi connectivity index (χ2v) is 6.62. The zero-order chi connectivity index (χ0) is 16.7. The largest absolute Gasteiger partial charge is 0.325 e. The van der Waals surface area contributed by atoms with E-state index in [1.807, 2.05) is 43.3 Å². The molecular formula is C19H23BrN2O. The van der Waals surface area contributed by atoms with E-state index in [-0.39, 0.29) is 5.91 Å². The van der Waals surface area contributed by atoms with Crippen LogP contribution in [0.4, 0.5) is 5.69 Å². The first kappa shape index (κ1) is 17.7. The average molecular weight is 375 g/mol. The van der Waals surface area contributed by atoms with Crippen LogP contribution in [0, 0.1) is 6.92 Å². The summed E-state index contributed by atoms with van der Waals surface area (Å²) in [4.78, 5) is 14.5. The summed E-state index contributed by atoms with van der Waals surface area (Å²) in [6, 6.07) is 16.1. The molecule has 0 spiro atoms. The lowest BCUT2D eigenvalue weighted by molar-refractivity contribution is -0.117. The number of para-hydroxylation sites is 1. The number of carbonyl (C=O) groups is 1. The van der Waals surface area contributed by atoms with E-state index < -0.39 is 0 Å². The highest BCUT2D eigenvalue weighted by atomic mass is 79.9. The van der Waals surface area contributed by atoms with Gasteiger partial charge in [0.15, 0.2) is 0 Å². The van der Waals surface area contributed by atoms with Gasteiger partial charge in [0.1, 0.15) is 0 Å². The predicted octanol–water partition coefficient (Wildman–Crippen LogP) is 4.61. The quantitative estimate of drug-likeness (QED) is 0.767. The molecule has 0 saturated carbocycles. The number of benzene rings is 2. The van der Waals surface area contributed by atoms with Gasteiger partial charge in [0.2, 0.25) is 5.91 Å². The maximum atomic E-state index is 12.3. The highest BCUT2D eigenvalue weighted by Gasteiger charge is 2.11. The number of nitrogens with one attached hydrogen (secondary N) is 1. The molecule has 0 aliphatic rings. The number of halogens is 1. The van der Waals surface area contributed by atoms with Gasteiger partial charge in [0, 0.05) is 16.7 Å². The molecule has 0 radical (unpaired) electrons. The molecule has 122 valence electrons. The first-order valence-corrected chi connectivity index (χ1v) is 8.70. The summed E-state index contributed by atoms with van der Waals surface area (Å²) in [6.45, 7) is 6.22. The van der Waals surface area contributed by atoms with Gasteiger partial charge >= 0.3 is 0 Å². The average Bonchev–Trinajstić information content (AvgIpc) is 2.52. The Hall–Kier alpha value is -1.65. The first-order valence-electron chi connectivity index (χ1n) is 7.90. The van der Waals surface area contributed by atoms with Crippen LogP contribution in [0.1, 0.15) is 24.5 Å². The second kappa shape index (κ2) is 8.85. The number of carbonyl (C=O) groups excluding carboxylic acids is 1. The van der Waals surface area contributed by atoms with Gasteiger partial charge < -0.3 is 5.32 Å². The van der Waals surface area contributed by atoms with Crippen LogP contribution in [0.15, 0.2) is 53.0 Å². The second-order valence-electron chi connectivity index (χ2n) is 5.70. The lowest BCUT2D eigenvalue weighted by Crippen LogP contribution is -2.33. The van der Waals surface area contributed by atoms with Crippen molar-refractivity contribution in [2.75, 3.05) is 18.4 Å². The molecule has 2 rings (SSSR count). The standard InChI is InChI=1S/C19H23BrN2O/c1-3-12-22(13-16-8-10-17(20)11-9-16)14-19(23)21-18-7-5-4-6-15(18)2/h4-11H,3,12-14H2,1-2H3,(H,21,23). The Morgan fingerprint density at radius 1 is 1.13 bits per heavy atom. The summed E-state index contributed by atoms with van der Waals surface area (Å²) in [5.74, 6) is 0.0323. The van der Waals surface area contributed by atoms with Crippen LogP contribution in [0.3, 0.4) is 0 Å². The fraction of sp³-hybridized carbons (Fsp3) is 0.316. The van der Waals surface area contributed by atoms with Crippen molar-refractivity contribution in [3.05, 3.63) is 64.1 Å². The highest BCUT2D eigenvalue weighted by Crippen LogP contribution is 2.14. The van der Waals surface area contributed by atoms with E-state index in [0.717, 1.165) is 35.2 Å². The SMILES string of the molecule is CCCN(CC(=O)Nc1ccccc1C)Cc1ccc(Br)cc1. The van der Waals surface area contributed by atoms with Crippen LogP contribution < -0.4 is 5.32 Å². The number of hydrogen-bond donors (Lipinski definition) is 1. The lowest BCUT2D eigenvalue weighted by atomic mass is 10.2. The summed E-state index contributed by atoms with van der Waals surface area (Å²) >= 11 is 3.45. The maximum Gasteiger partial charge on any atom is 0.238 e. The fourth-order valence-corrected chi connectivity index (χ4v) is 2.75. The highest BCUT2D eigenvalue weighted by molar-refractivity contribution is 9.10. The number of anilines is 1. The third-order valence-electron chi connectivity index (χ3n) is 3.65. The van der Waals surface area contributed by atoms with Crippen LogP contribution in [-0.4, -0.2) is 23.9 Å². The third kappa shape index (κ3) is 5.81. The Labute approximate surface area is 146 Å². The molecule has 4 heteroatoms. The van der Waals surface area contributed by atoms with E-state index in [0.29, 0.717) is 6.54 Å². The third-order valence-corrected chi connectivity index (χ3v) is 4.17. The van der Waals surface area contributed by atoms with E-state index in [2.05, 4.69) is 45.2 Å². The zero-order valence-corrected chi connectivity index (χ0v) is 15.3. The van der Waals surface area contributed by atoms with E-state index in [1.165, 1.54) is 5.56 Å². The Bertz CT molecular complexity index is 640. The van der Waals surface area contributed by atoms with Gasteiger partial charge in [-0.05, 0) is 49.2 Å². The zero-order valence-electron chi connectivity index (χ0n) is 13.7. The molecule has 0 heterocycles. The smallest absolute Gasteiger partial charge is 0.238 e. The van der Waals surface area contributed by atoms with Crippen molar-refractivity contribution in [3.63, 3.8) is 0 Å². The fourth-order valence-electron chi connectivity index (χ4n) is 2.48. The van der Waals surface area contributed by atoms with E-state index in [9.17, 15) is 4.79 Å². The molecule has 0 aromatic heterocycles. The summed E-state index contributed by atoms with van der Waals surface area (Å²) in [7, 11) is 0. The minimum atomic E-state index is 0.0323. The summed E-state index contributed by atoms with van der Waals surface area (Å²) in [6.07, 6.45) is 1.02. The molecule has 1 N–H and O–H groups in total. The van der Waals surface area contributed by atoms with E-state index in [1.54, 1.807) is 0 Å².